The van der Waals surface area contributed by atoms with Crippen LogP contribution in [0, 0.1) is 0 Å². The van der Waals surface area contributed by atoms with Gasteiger partial charge >= 0.3 is 0 Å². The number of carbonyl (C=O) groups is 1. The summed E-state index contributed by atoms with van der Waals surface area (Å²) in [6.07, 6.45) is 1.77. The summed E-state index contributed by atoms with van der Waals surface area (Å²) >= 11 is 9.65. The SMILES string of the molecule is CCOc1c(Br)cc(/C=C2\SC(=S)NC2=O)cc1OC. The fraction of sp³-hybridized carbons (Fsp3) is 0.231. The van der Waals surface area contributed by atoms with Crippen LogP contribution in [0.3, 0.4) is 0 Å². The molecule has 1 heterocycles. The number of hydrogen-bond acceptors (Lipinski definition) is 5. The maximum absolute atomic E-state index is 11.6. The fourth-order valence-corrected chi connectivity index (χ4v) is 3.30. The van der Waals surface area contributed by atoms with Crippen LogP contribution in [0.2, 0.25) is 0 Å². The van der Waals surface area contributed by atoms with E-state index in [0.29, 0.717) is 27.3 Å². The van der Waals surface area contributed by atoms with E-state index in [1.54, 1.807) is 13.2 Å². The van der Waals surface area contributed by atoms with Gasteiger partial charge in [-0.25, -0.2) is 0 Å². The summed E-state index contributed by atoms with van der Waals surface area (Å²) in [5, 5.41) is 2.58. The summed E-state index contributed by atoms with van der Waals surface area (Å²) in [6, 6.07) is 3.69. The van der Waals surface area contributed by atoms with E-state index in [-0.39, 0.29) is 5.91 Å². The number of nitrogens with one attached hydrogen (secondary N) is 1. The van der Waals surface area contributed by atoms with Crippen molar-refractivity contribution in [3.8, 4) is 11.5 Å². The zero-order valence-electron chi connectivity index (χ0n) is 10.9. The van der Waals surface area contributed by atoms with Crippen LogP contribution in [0.1, 0.15) is 12.5 Å². The number of methoxy groups -OCH3 is 1. The second kappa shape index (κ2) is 6.60. The molecular formula is C13H12BrNO3S2. The first-order valence-electron chi connectivity index (χ1n) is 5.80. The fourth-order valence-electron chi connectivity index (χ4n) is 1.68. The summed E-state index contributed by atoms with van der Waals surface area (Å²) < 4.78 is 12.1. The van der Waals surface area contributed by atoms with Gasteiger partial charge in [0.2, 0.25) is 0 Å². The monoisotopic (exact) mass is 373 g/mol. The van der Waals surface area contributed by atoms with Crippen LogP contribution in [0.25, 0.3) is 6.08 Å². The number of rotatable bonds is 4. The van der Waals surface area contributed by atoms with Crippen molar-refractivity contribution in [1.29, 1.82) is 0 Å². The summed E-state index contributed by atoms with van der Waals surface area (Å²) in [7, 11) is 1.58. The van der Waals surface area contributed by atoms with E-state index >= 15 is 0 Å². The molecule has 1 N–H and O–H groups in total. The van der Waals surface area contributed by atoms with E-state index in [1.807, 2.05) is 19.1 Å². The second-order valence-electron chi connectivity index (χ2n) is 3.82. The van der Waals surface area contributed by atoms with E-state index in [4.69, 9.17) is 21.7 Å². The van der Waals surface area contributed by atoms with Crippen LogP contribution < -0.4 is 14.8 Å². The Balaban J connectivity index is 2.39. The molecular weight excluding hydrogens is 362 g/mol. The molecule has 0 aliphatic carbocycles. The van der Waals surface area contributed by atoms with Gasteiger partial charge in [-0.1, -0.05) is 24.0 Å². The largest absolute Gasteiger partial charge is 0.493 e. The summed E-state index contributed by atoms with van der Waals surface area (Å²) in [5.74, 6) is 1.08. The van der Waals surface area contributed by atoms with Crippen molar-refractivity contribution < 1.29 is 14.3 Å². The molecule has 2 rings (SSSR count). The van der Waals surface area contributed by atoms with E-state index in [0.717, 1.165) is 10.0 Å². The van der Waals surface area contributed by atoms with Gasteiger partial charge in [-0.05, 0) is 46.6 Å². The van der Waals surface area contributed by atoms with E-state index in [2.05, 4.69) is 21.2 Å². The molecule has 1 aromatic rings. The Morgan fingerprint density at radius 2 is 2.25 bits per heavy atom. The van der Waals surface area contributed by atoms with Crippen LogP contribution in [0.15, 0.2) is 21.5 Å². The molecule has 1 amide bonds. The highest BCUT2D eigenvalue weighted by Crippen LogP contribution is 2.38. The Hall–Kier alpha value is -1.05. The molecule has 0 unspecified atom stereocenters. The van der Waals surface area contributed by atoms with Crippen LogP contribution in [-0.2, 0) is 4.79 Å². The average Bonchev–Trinajstić information content (AvgIpc) is 2.70. The number of thioether (sulfide) groups is 1. The molecule has 106 valence electrons. The van der Waals surface area contributed by atoms with Gasteiger partial charge in [0, 0.05) is 0 Å². The Bertz CT molecular complexity index is 602. The van der Waals surface area contributed by atoms with Crippen molar-refractivity contribution in [3.63, 3.8) is 0 Å². The number of thiocarbonyl (C=S) groups is 1. The molecule has 0 saturated carbocycles. The number of carbonyl (C=O) groups excluding carboxylic acids is 1. The van der Waals surface area contributed by atoms with Crippen molar-refractivity contribution in [2.24, 2.45) is 0 Å². The lowest BCUT2D eigenvalue weighted by atomic mass is 10.2. The smallest absolute Gasteiger partial charge is 0.263 e. The molecule has 0 aromatic heterocycles. The number of amides is 1. The number of hydrogen-bond donors (Lipinski definition) is 1. The minimum Gasteiger partial charge on any atom is -0.493 e. The third-order valence-corrected chi connectivity index (χ3v) is 4.23. The standard InChI is InChI=1S/C13H12BrNO3S2/c1-3-18-11-8(14)4-7(5-9(11)17-2)6-10-12(16)15-13(19)20-10/h4-6H,3H2,1-2H3,(H,15,16,19)/b10-6-. The van der Waals surface area contributed by atoms with Gasteiger partial charge in [-0.15, -0.1) is 0 Å². The zero-order chi connectivity index (χ0) is 14.7. The van der Waals surface area contributed by atoms with Gasteiger partial charge in [0.1, 0.15) is 4.32 Å². The minimum absolute atomic E-state index is 0.177. The van der Waals surface area contributed by atoms with E-state index in [1.165, 1.54) is 11.8 Å². The summed E-state index contributed by atoms with van der Waals surface area (Å²) in [4.78, 5) is 12.2. The van der Waals surface area contributed by atoms with Gasteiger partial charge in [-0.2, -0.15) is 0 Å². The third kappa shape index (κ3) is 3.34. The number of halogens is 1. The molecule has 0 spiro atoms. The van der Waals surface area contributed by atoms with Crippen LogP contribution in [0.4, 0.5) is 0 Å². The van der Waals surface area contributed by atoms with Gasteiger partial charge in [0.15, 0.2) is 11.5 Å². The highest BCUT2D eigenvalue weighted by atomic mass is 79.9. The Morgan fingerprint density at radius 1 is 1.50 bits per heavy atom. The van der Waals surface area contributed by atoms with E-state index in [9.17, 15) is 4.79 Å². The van der Waals surface area contributed by atoms with Crippen molar-refractivity contribution in [1.82, 2.24) is 5.32 Å². The van der Waals surface area contributed by atoms with Crippen LogP contribution >= 0.6 is 39.9 Å². The molecule has 20 heavy (non-hydrogen) atoms. The average molecular weight is 374 g/mol. The molecule has 1 saturated heterocycles. The topological polar surface area (TPSA) is 47.6 Å². The number of ether oxygens (including phenoxy) is 2. The van der Waals surface area contributed by atoms with Gasteiger partial charge in [-0.3, -0.25) is 4.79 Å². The van der Waals surface area contributed by atoms with Crippen molar-refractivity contribution in [3.05, 3.63) is 27.1 Å². The quantitative estimate of drug-likeness (QED) is 0.647. The Labute approximate surface area is 135 Å². The van der Waals surface area contributed by atoms with Crippen LogP contribution in [-0.4, -0.2) is 23.9 Å². The third-order valence-electron chi connectivity index (χ3n) is 2.48. The first kappa shape index (κ1) is 15.3. The predicted octanol–water partition coefficient (Wildman–Crippen LogP) is 3.35. The zero-order valence-corrected chi connectivity index (χ0v) is 14.1. The molecule has 1 aliphatic heterocycles. The van der Waals surface area contributed by atoms with Gasteiger partial charge in [0.05, 0.1) is 23.1 Å². The first-order valence-corrected chi connectivity index (χ1v) is 7.82. The molecule has 1 aromatic carbocycles. The molecule has 1 aliphatic rings. The highest BCUT2D eigenvalue weighted by Gasteiger charge is 2.22. The lowest BCUT2D eigenvalue weighted by molar-refractivity contribution is -0.115. The lowest BCUT2D eigenvalue weighted by Crippen LogP contribution is -2.17. The summed E-state index contributed by atoms with van der Waals surface area (Å²) in [5.41, 5.74) is 0.833. The molecule has 0 bridgehead atoms. The summed E-state index contributed by atoms with van der Waals surface area (Å²) in [6.45, 7) is 2.45. The van der Waals surface area contributed by atoms with Gasteiger partial charge < -0.3 is 14.8 Å². The van der Waals surface area contributed by atoms with Crippen molar-refractivity contribution in [2.45, 2.75) is 6.92 Å². The Morgan fingerprint density at radius 3 is 2.80 bits per heavy atom. The molecule has 4 nitrogen and oxygen atoms in total. The molecule has 1 fully saturated rings. The minimum atomic E-state index is -0.177. The number of benzene rings is 1. The lowest BCUT2D eigenvalue weighted by Gasteiger charge is -2.12. The molecule has 0 atom stereocenters. The maximum atomic E-state index is 11.6. The van der Waals surface area contributed by atoms with Crippen LogP contribution in [0.5, 0.6) is 11.5 Å². The van der Waals surface area contributed by atoms with Crippen molar-refractivity contribution >= 4 is 56.2 Å². The highest BCUT2D eigenvalue weighted by molar-refractivity contribution is 9.10. The first-order chi connectivity index (χ1) is 9.55. The van der Waals surface area contributed by atoms with E-state index < -0.39 is 0 Å². The van der Waals surface area contributed by atoms with Gasteiger partial charge in [0.25, 0.3) is 5.91 Å². The van der Waals surface area contributed by atoms with Crippen molar-refractivity contribution in [2.75, 3.05) is 13.7 Å². The Kier molecular flexibility index (Phi) is 5.06. The predicted molar refractivity (Wildman–Crippen MR) is 88.2 cm³/mol. The second-order valence-corrected chi connectivity index (χ2v) is 6.39. The molecule has 7 heteroatoms. The normalized spacial score (nSPS) is 16.4. The molecule has 0 radical (unpaired) electrons. The maximum Gasteiger partial charge on any atom is 0.263 e.